The second kappa shape index (κ2) is 2.99. The van der Waals surface area contributed by atoms with E-state index in [1.807, 2.05) is 6.07 Å². The lowest BCUT2D eigenvalue weighted by Gasteiger charge is -2.44. The number of nitrogens with zero attached hydrogens (tertiary/aromatic N) is 2. The molecule has 0 aromatic rings. The fraction of sp³-hybridized carbons (Fsp3) is 0.556. The summed E-state index contributed by atoms with van der Waals surface area (Å²) in [4.78, 5) is 11.9. The maximum absolute atomic E-state index is 11.7. The molecule has 5 nitrogen and oxygen atoms in total. The van der Waals surface area contributed by atoms with Crippen LogP contribution in [0.3, 0.4) is 0 Å². The zero-order valence-electron chi connectivity index (χ0n) is 7.83. The van der Waals surface area contributed by atoms with Crippen molar-refractivity contribution in [3.8, 4) is 12.1 Å². The highest BCUT2D eigenvalue weighted by Gasteiger charge is 2.56. The normalized spacial score (nSPS) is 38.8. The Bertz CT molecular complexity index is 396. The Morgan fingerprint density at radius 2 is 1.87 bits per heavy atom. The number of hydrogen-bond acceptors (Lipinski definition) is 5. The first-order valence-corrected chi connectivity index (χ1v) is 4.89. The molecule has 2 rings (SSSR count). The third-order valence-electron chi connectivity index (χ3n) is 2.98. The summed E-state index contributed by atoms with van der Waals surface area (Å²) in [5, 5.41) is 23.6. The van der Waals surface area contributed by atoms with E-state index in [2.05, 4.69) is 16.7 Å². The summed E-state index contributed by atoms with van der Waals surface area (Å²) in [5.74, 6) is -0.395. The van der Waals surface area contributed by atoms with Crippen LogP contribution in [-0.4, -0.2) is 24.0 Å². The molecular weight excluding hydrogens is 212 g/mol. The van der Waals surface area contributed by atoms with Gasteiger partial charge in [0.1, 0.15) is 10.4 Å². The summed E-state index contributed by atoms with van der Waals surface area (Å²) in [5.41, 5.74) is -2.05. The predicted molar refractivity (Wildman–Crippen MR) is 54.3 cm³/mol. The van der Waals surface area contributed by atoms with Gasteiger partial charge in [-0.15, -0.1) is 0 Å². The largest absolute Gasteiger partial charge is 0.318 e. The number of fused-ring (bicyclic) bond motifs is 2. The van der Waals surface area contributed by atoms with Gasteiger partial charge in [-0.25, -0.2) is 0 Å². The van der Waals surface area contributed by atoms with E-state index in [-0.39, 0.29) is 18.0 Å². The Morgan fingerprint density at radius 1 is 1.27 bits per heavy atom. The quantitative estimate of drug-likeness (QED) is 0.535. The van der Waals surface area contributed by atoms with E-state index in [1.165, 1.54) is 0 Å². The average molecular weight is 220 g/mol. The van der Waals surface area contributed by atoms with Crippen LogP contribution in [0.1, 0.15) is 6.42 Å². The van der Waals surface area contributed by atoms with Crippen molar-refractivity contribution in [2.75, 3.05) is 13.1 Å². The highest BCUT2D eigenvalue weighted by molar-refractivity contribution is 7.80. The van der Waals surface area contributed by atoms with E-state index >= 15 is 0 Å². The molecule has 76 valence electrons. The van der Waals surface area contributed by atoms with E-state index in [9.17, 15) is 4.79 Å². The van der Waals surface area contributed by atoms with Gasteiger partial charge in [0, 0.05) is 19.5 Å². The van der Waals surface area contributed by atoms with E-state index in [1.54, 1.807) is 0 Å². The Kier molecular flexibility index (Phi) is 2.00. The van der Waals surface area contributed by atoms with E-state index in [4.69, 9.17) is 22.7 Å². The van der Waals surface area contributed by atoms with Crippen LogP contribution in [0.25, 0.3) is 0 Å². The smallest absolute Gasteiger partial charge is 0.246 e. The maximum atomic E-state index is 11.7. The van der Waals surface area contributed by atoms with Crippen molar-refractivity contribution in [1.82, 2.24) is 10.6 Å². The second-order valence-electron chi connectivity index (χ2n) is 3.95. The number of nitrogens with one attached hydrogen (secondary N) is 2. The lowest BCUT2D eigenvalue weighted by molar-refractivity contribution is -0.129. The summed E-state index contributed by atoms with van der Waals surface area (Å²) < 4.78 is 0. The topological polar surface area (TPSA) is 88.7 Å². The average Bonchev–Trinajstić information content (AvgIpc) is 2.27. The zero-order valence-corrected chi connectivity index (χ0v) is 8.65. The van der Waals surface area contributed by atoms with E-state index in [0.717, 1.165) is 0 Å². The molecule has 2 saturated heterocycles. The molecule has 2 fully saturated rings. The van der Waals surface area contributed by atoms with Gasteiger partial charge in [0.15, 0.2) is 5.41 Å². The second-order valence-corrected chi connectivity index (χ2v) is 4.36. The number of rotatable bonds is 0. The van der Waals surface area contributed by atoms with Gasteiger partial charge in [0.25, 0.3) is 0 Å². The first kappa shape index (κ1) is 10.0. The minimum Gasteiger partial charge on any atom is -0.318 e. The first-order chi connectivity index (χ1) is 7.08. The van der Waals surface area contributed by atoms with Crippen molar-refractivity contribution in [3.05, 3.63) is 0 Å². The SMILES string of the molecule is N#CC12CNCC(C#N)(C1)C(=S)NC2=O. The summed E-state index contributed by atoms with van der Waals surface area (Å²) in [6, 6.07) is 4.10. The summed E-state index contributed by atoms with van der Waals surface area (Å²) >= 11 is 5.00. The van der Waals surface area contributed by atoms with Gasteiger partial charge in [-0.05, 0) is 0 Å². The van der Waals surface area contributed by atoms with Gasteiger partial charge in [0.05, 0.1) is 12.1 Å². The molecule has 2 aliphatic heterocycles. The maximum Gasteiger partial charge on any atom is 0.246 e. The third kappa shape index (κ3) is 1.16. The first-order valence-electron chi connectivity index (χ1n) is 4.48. The number of piperidine rings is 2. The monoisotopic (exact) mass is 220 g/mol. The molecule has 0 aromatic carbocycles. The Hall–Kier alpha value is -1.50. The van der Waals surface area contributed by atoms with Gasteiger partial charge in [-0.1, -0.05) is 12.2 Å². The van der Waals surface area contributed by atoms with Crippen LogP contribution in [0, 0.1) is 33.5 Å². The van der Waals surface area contributed by atoms with Crippen LogP contribution in [-0.2, 0) is 4.79 Å². The Balaban J connectivity index is 2.49. The van der Waals surface area contributed by atoms with Crippen LogP contribution in [0.2, 0.25) is 0 Å². The summed E-state index contributed by atoms with van der Waals surface area (Å²) in [7, 11) is 0. The molecule has 0 radical (unpaired) electrons. The van der Waals surface area contributed by atoms with Crippen LogP contribution < -0.4 is 10.6 Å². The van der Waals surface area contributed by atoms with Gasteiger partial charge in [-0.3, -0.25) is 4.79 Å². The highest BCUT2D eigenvalue weighted by Crippen LogP contribution is 2.41. The number of nitriles is 2. The van der Waals surface area contributed by atoms with E-state index < -0.39 is 16.7 Å². The molecular formula is C9H8N4OS. The molecule has 0 spiro atoms. The minimum atomic E-state index is -1.14. The van der Waals surface area contributed by atoms with Crippen LogP contribution >= 0.6 is 12.2 Å². The van der Waals surface area contributed by atoms with Gasteiger partial charge >= 0.3 is 0 Å². The predicted octanol–water partition coefficient (Wildman–Crippen LogP) is -0.543. The van der Waals surface area contributed by atoms with Crippen molar-refractivity contribution in [2.45, 2.75) is 6.42 Å². The number of hydrogen-bond donors (Lipinski definition) is 2. The standard InChI is InChI=1S/C9H8N4OS/c10-2-8-1-9(3-11,5-12-4-8)7(15)13-6(8)14/h12H,1,4-5H2,(H,13,14,15). The van der Waals surface area contributed by atoms with Crippen molar-refractivity contribution in [3.63, 3.8) is 0 Å². The van der Waals surface area contributed by atoms with Crippen LogP contribution in [0.4, 0.5) is 0 Å². The minimum absolute atomic E-state index is 0.199. The van der Waals surface area contributed by atoms with Crippen molar-refractivity contribution >= 4 is 23.1 Å². The van der Waals surface area contributed by atoms with Gasteiger partial charge in [-0.2, -0.15) is 10.5 Å². The number of amides is 1. The fourth-order valence-corrected chi connectivity index (χ4v) is 2.34. The fourth-order valence-electron chi connectivity index (χ4n) is 2.05. The number of carbonyl (C=O) groups is 1. The highest BCUT2D eigenvalue weighted by atomic mass is 32.1. The summed E-state index contributed by atoms with van der Waals surface area (Å²) in [6.07, 6.45) is 0.199. The molecule has 15 heavy (non-hydrogen) atoms. The molecule has 2 N–H and O–H groups in total. The molecule has 2 heterocycles. The van der Waals surface area contributed by atoms with Gasteiger partial charge < -0.3 is 10.6 Å². The van der Waals surface area contributed by atoms with E-state index in [0.29, 0.717) is 6.54 Å². The molecule has 6 heteroatoms. The summed E-state index contributed by atoms with van der Waals surface area (Å²) in [6.45, 7) is 0.674. The molecule has 2 atom stereocenters. The lowest BCUT2D eigenvalue weighted by atomic mass is 9.66. The Labute approximate surface area is 92.1 Å². The molecule has 2 aliphatic rings. The number of thiocarbonyl (C=S) groups is 1. The van der Waals surface area contributed by atoms with Crippen molar-refractivity contribution in [2.24, 2.45) is 10.8 Å². The zero-order chi connectivity index (χ0) is 11.1. The molecule has 2 bridgehead atoms. The van der Waals surface area contributed by atoms with Crippen LogP contribution in [0.5, 0.6) is 0 Å². The molecule has 0 aliphatic carbocycles. The molecule has 0 aromatic heterocycles. The third-order valence-corrected chi connectivity index (χ3v) is 3.47. The van der Waals surface area contributed by atoms with Crippen LogP contribution in [0.15, 0.2) is 0 Å². The molecule has 1 amide bonds. The van der Waals surface area contributed by atoms with Crippen molar-refractivity contribution < 1.29 is 4.79 Å². The van der Waals surface area contributed by atoms with Crippen molar-refractivity contribution in [1.29, 1.82) is 10.5 Å². The lowest BCUT2D eigenvalue weighted by Crippen LogP contribution is -2.66. The number of carbonyl (C=O) groups excluding carboxylic acids is 1. The Morgan fingerprint density at radius 3 is 2.47 bits per heavy atom. The van der Waals surface area contributed by atoms with Gasteiger partial charge in [0.2, 0.25) is 5.91 Å². The molecule has 2 unspecified atom stereocenters. The molecule has 0 saturated carbocycles.